The van der Waals surface area contributed by atoms with E-state index >= 15 is 0 Å². The fourth-order valence-electron chi connectivity index (χ4n) is 1.40. The standard InChI is InChI=1S/C8H7NO2/c10-7-5-3-1-2-4-6(5)8(11)9-7/h1-6H,(H,9,10,11)/t5-,6-/m1/s1. The molecular formula is C8H7NO2. The molecule has 1 aliphatic carbocycles. The summed E-state index contributed by atoms with van der Waals surface area (Å²) in [5.41, 5.74) is 0. The molecule has 3 heteroatoms. The van der Waals surface area contributed by atoms with Gasteiger partial charge < -0.3 is 0 Å². The van der Waals surface area contributed by atoms with E-state index < -0.39 is 0 Å². The molecule has 0 aromatic carbocycles. The number of hydrogen-bond acceptors (Lipinski definition) is 2. The zero-order valence-corrected chi connectivity index (χ0v) is 5.78. The topological polar surface area (TPSA) is 46.2 Å². The first-order valence-electron chi connectivity index (χ1n) is 3.49. The fourth-order valence-corrected chi connectivity index (χ4v) is 1.40. The summed E-state index contributed by atoms with van der Waals surface area (Å²) in [5.74, 6) is -0.874. The molecule has 0 aromatic rings. The Labute approximate surface area is 63.8 Å². The molecule has 0 saturated carbocycles. The lowest BCUT2D eigenvalue weighted by Crippen LogP contribution is -2.21. The van der Waals surface area contributed by atoms with Crippen molar-refractivity contribution < 1.29 is 9.59 Å². The number of carbonyl (C=O) groups excluding carboxylic acids is 2. The molecule has 0 spiro atoms. The fraction of sp³-hybridized carbons (Fsp3) is 0.250. The number of imide groups is 1. The molecule has 3 nitrogen and oxygen atoms in total. The van der Waals surface area contributed by atoms with Crippen LogP contribution in [0, 0.1) is 11.8 Å². The zero-order chi connectivity index (χ0) is 7.84. The molecule has 2 atom stereocenters. The number of allylic oxidation sites excluding steroid dienone is 2. The van der Waals surface area contributed by atoms with Crippen LogP contribution in [0.2, 0.25) is 0 Å². The number of hydrogen-bond donors (Lipinski definition) is 1. The first kappa shape index (κ1) is 6.34. The third-order valence-electron chi connectivity index (χ3n) is 1.99. The minimum Gasteiger partial charge on any atom is -0.295 e. The smallest absolute Gasteiger partial charge is 0.234 e. The summed E-state index contributed by atoms with van der Waals surface area (Å²) in [4.78, 5) is 22.0. The molecule has 2 aliphatic rings. The van der Waals surface area contributed by atoms with Gasteiger partial charge in [0.1, 0.15) is 0 Å². The number of fused-ring (bicyclic) bond motifs is 1. The van der Waals surface area contributed by atoms with Gasteiger partial charge in [-0.05, 0) is 0 Å². The second-order valence-electron chi connectivity index (χ2n) is 2.67. The second-order valence-corrected chi connectivity index (χ2v) is 2.67. The van der Waals surface area contributed by atoms with Gasteiger partial charge in [-0.2, -0.15) is 0 Å². The normalized spacial score (nSPS) is 33.8. The third kappa shape index (κ3) is 0.808. The van der Waals surface area contributed by atoms with Gasteiger partial charge in [-0.3, -0.25) is 14.9 Å². The van der Waals surface area contributed by atoms with Gasteiger partial charge in [0.25, 0.3) is 0 Å². The van der Waals surface area contributed by atoms with Crippen molar-refractivity contribution >= 4 is 11.8 Å². The molecule has 0 bridgehead atoms. The lowest BCUT2D eigenvalue weighted by atomic mass is 9.91. The van der Waals surface area contributed by atoms with Crippen molar-refractivity contribution in [2.24, 2.45) is 11.8 Å². The lowest BCUT2D eigenvalue weighted by Gasteiger charge is -2.08. The van der Waals surface area contributed by atoms with Crippen molar-refractivity contribution in [3.63, 3.8) is 0 Å². The number of rotatable bonds is 0. The summed E-state index contributed by atoms with van der Waals surface area (Å²) >= 11 is 0. The molecule has 0 aromatic heterocycles. The molecule has 1 N–H and O–H groups in total. The van der Waals surface area contributed by atoms with Gasteiger partial charge in [-0.15, -0.1) is 0 Å². The molecule has 1 aliphatic heterocycles. The average molecular weight is 149 g/mol. The van der Waals surface area contributed by atoms with Crippen molar-refractivity contribution in [2.75, 3.05) is 0 Å². The SMILES string of the molecule is O=C1NC(=O)[C@@H]2C=CC=C[C@@H]12. The Balaban J connectivity index is 2.37. The van der Waals surface area contributed by atoms with Gasteiger partial charge >= 0.3 is 0 Å². The first-order valence-corrected chi connectivity index (χ1v) is 3.49. The number of amides is 2. The minimum absolute atomic E-state index is 0.180. The molecule has 0 unspecified atom stereocenters. The highest BCUT2D eigenvalue weighted by molar-refractivity contribution is 6.07. The average Bonchev–Trinajstić information content (AvgIpc) is 2.30. The van der Waals surface area contributed by atoms with Crippen LogP contribution in [-0.2, 0) is 9.59 Å². The molecule has 1 saturated heterocycles. The Kier molecular flexibility index (Phi) is 1.18. The Hall–Kier alpha value is -1.38. The van der Waals surface area contributed by atoms with Gasteiger partial charge in [0.05, 0.1) is 11.8 Å². The van der Waals surface area contributed by atoms with E-state index in [-0.39, 0.29) is 23.7 Å². The van der Waals surface area contributed by atoms with Crippen LogP contribution in [0.25, 0.3) is 0 Å². The Morgan fingerprint density at radius 1 is 1.00 bits per heavy atom. The predicted octanol–water partition coefficient (Wildman–Crippen LogP) is 0.00120. The second kappa shape index (κ2) is 2.05. The maximum atomic E-state index is 11.0. The molecule has 56 valence electrons. The lowest BCUT2D eigenvalue weighted by molar-refractivity contribution is -0.125. The first-order chi connectivity index (χ1) is 5.29. The summed E-state index contributed by atoms with van der Waals surface area (Å²) in [7, 11) is 0. The van der Waals surface area contributed by atoms with Crippen LogP contribution < -0.4 is 5.32 Å². The number of carbonyl (C=O) groups is 2. The summed E-state index contributed by atoms with van der Waals surface area (Å²) in [5, 5.41) is 2.28. The van der Waals surface area contributed by atoms with E-state index in [1.165, 1.54) is 0 Å². The van der Waals surface area contributed by atoms with E-state index in [4.69, 9.17) is 0 Å². The Morgan fingerprint density at radius 3 is 1.91 bits per heavy atom. The van der Waals surface area contributed by atoms with Gasteiger partial charge in [0.2, 0.25) is 11.8 Å². The quantitative estimate of drug-likeness (QED) is 0.493. The van der Waals surface area contributed by atoms with E-state index in [0.29, 0.717) is 0 Å². The summed E-state index contributed by atoms with van der Waals surface area (Å²) in [6.07, 6.45) is 7.09. The van der Waals surface area contributed by atoms with Crippen LogP contribution >= 0.6 is 0 Å². The van der Waals surface area contributed by atoms with Gasteiger partial charge in [0.15, 0.2) is 0 Å². The van der Waals surface area contributed by atoms with Crippen LogP contribution in [0.5, 0.6) is 0 Å². The molecular weight excluding hydrogens is 142 g/mol. The highest BCUT2D eigenvalue weighted by Gasteiger charge is 2.38. The van der Waals surface area contributed by atoms with Crippen LogP contribution in [0.1, 0.15) is 0 Å². The maximum absolute atomic E-state index is 11.0. The zero-order valence-electron chi connectivity index (χ0n) is 5.78. The maximum Gasteiger partial charge on any atom is 0.234 e. The van der Waals surface area contributed by atoms with E-state index in [1.54, 1.807) is 24.3 Å². The van der Waals surface area contributed by atoms with Crippen LogP contribution in [0.15, 0.2) is 24.3 Å². The minimum atomic E-state index is -0.257. The number of nitrogens with one attached hydrogen (secondary N) is 1. The van der Waals surface area contributed by atoms with Crippen molar-refractivity contribution in [3.05, 3.63) is 24.3 Å². The largest absolute Gasteiger partial charge is 0.295 e. The monoisotopic (exact) mass is 149 g/mol. The summed E-state index contributed by atoms with van der Waals surface area (Å²) in [6.45, 7) is 0. The van der Waals surface area contributed by atoms with Crippen LogP contribution in [0.4, 0.5) is 0 Å². The van der Waals surface area contributed by atoms with Crippen LogP contribution in [0.3, 0.4) is 0 Å². The van der Waals surface area contributed by atoms with E-state index in [2.05, 4.69) is 5.32 Å². The predicted molar refractivity (Wildman–Crippen MR) is 38.4 cm³/mol. The van der Waals surface area contributed by atoms with Crippen LogP contribution in [-0.4, -0.2) is 11.8 Å². The molecule has 2 rings (SSSR count). The van der Waals surface area contributed by atoms with Gasteiger partial charge in [-0.25, -0.2) is 0 Å². The van der Waals surface area contributed by atoms with Gasteiger partial charge in [-0.1, -0.05) is 24.3 Å². The highest BCUT2D eigenvalue weighted by atomic mass is 16.2. The Morgan fingerprint density at radius 2 is 1.45 bits per heavy atom. The molecule has 1 heterocycles. The van der Waals surface area contributed by atoms with E-state index in [0.717, 1.165) is 0 Å². The van der Waals surface area contributed by atoms with E-state index in [9.17, 15) is 9.59 Å². The molecule has 11 heavy (non-hydrogen) atoms. The Bertz CT molecular complexity index is 250. The molecule has 2 amide bonds. The van der Waals surface area contributed by atoms with Gasteiger partial charge in [0, 0.05) is 0 Å². The molecule has 1 fully saturated rings. The molecule has 0 radical (unpaired) electrons. The summed E-state index contributed by atoms with van der Waals surface area (Å²) in [6, 6.07) is 0. The highest BCUT2D eigenvalue weighted by Crippen LogP contribution is 2.24. The van der Waals surface area contributed by atoms with E-state index in [1.807, 2.05) is 0 Å². The third-order valence-corrected chi connectivity index (χ3v) is 1.99. The van der Waals surface area contributed by atoms with Crippen molar-refractivity contribution in [3.8, 4) is 0 Å². The van der Waals surface area contributed by atoms with Crippen molar-refractivity contribution in [1.82, 2.24) is 5.32 Å². The van der Waals surface area contributed by atoms with Crippen molar-refractivity contribution in [2.45, 2.75) is 0 Å². The summed E-state index contributed by atoms with van der Waals surface area (Å²) < 4.78 is 0. The van der Waals surface area contributed by atoms with Crippen molar-refractivity contribution in [1.29, 1.82) is 0 Å².